The van der Waals surface area contributed by atoms with E-state index in [4.69, 9.17) is 0 Å². The minimum absolute atomic E-state index is 0.487. The third-order valence-electron chi connectivity index (χ3n) is 4.68. The molecule has 0 aliphatic carbocycles. The molecule has 0 spiro atoms. The van der Waals surface area contributed by atoms with Crippen LogP contribution in [0.4, 0.5) is 0 Å². The number of rotatable bonds is 9. The summed E-state index contributed by atoms with van der Waals surface area (Å²) in [6, 6.07) is 0. The van der Waals surface area contributed by atoms with Crippen molar-refractivity contribution in [2.75, 3.05) is 0 Å². The highest BCUT2D eigenvalue weighted by atomic mass is 16.4. The number of hydrogen-bond donors (Lipinski definition) is 1. The third-order valence-corrected chi connectivity index (χ3v) is 4.68. The fourth-order valence-corrected chi connectivity index (χ4v) is 3.17. The summed E-state index contributed by atoms with van der Waals surface area (Å²) in [7, 11) is 0. The molecule has 22 heavy (non-hydrogen) atoms. The summed E-state index contributed by atoms with van der Waals surface area (Å²) in [6.45, 7) is 4.36. The molecule has 0 aliphatic rings. The van der Waals surface area contributed by atoms with Gasteiger partial charge in [0.25, 0.3) is 0 Å². The fraction of sp³-hybridized carbons (Fsp3) is 0.714. The van der Waals surface area contributed by atoms with Crippen molar-refractivity contribution in [1.82, 2.24) is 0 Å². The van der Waals surface area contributed by atoms with Crippen LogP contribution in [0.2, 0.25) is 0 Å². The summed E-state index contributed by atoms with van der Waals surface area (Å²) < 4.78 is 0. The van der Waals surface area contributed by atoms with Gasteiger partial charge >= 0.3 is 0 Å². The van der Waals surface area contributed by atoms with Gasteiger partial charge in [0, 0.05) is 5.41 Å². The Labute approximate surface area is 127 Å². The Morgan fingerprint density at radius 2 is 1.23 bits per heavy atom. The molecule has 0 saturated heterocycles. The van der Waals surface area contributed by atoms with Crippen molar-refractivity contribution in [3.05, 3.63) is 0 Å². The predicted molar refractivity (Wildman–Crippen MR) is 66.4 cm³/mol. The van der Waals surface area contributed by atoms with Gasteiger partial charge in [0.05, 0.1) is 17.9 Å². The number of hydrogen-bond acceptors (Lipinski definition) is 8. The molecule has 0 amide bonds. The second-order valence-corrected chi connectivity index (χ2v) is 5.18. The van der Waals surface area contributed by atoms with Gasteiger partial charge in [-0.05, 0) is 26.2 Å². The van der Waals surface area contributed by atoms with Gasteiger partial charge in [-0.15, -0.1) is 0 Å². The molecular weight excluding hydrogens is 296 g/mol. The standard InChI is InChI=1S/C14H22O8/c1-5-12(6-2,9(16)17)14(22,11(20)21)13(7-3,8(4)15)10(18)19/h22H,5-7H2,1-4H3,(H,16,17)(H,18,19)(H,20,21)/p-3. The molecule has 0 aliphatic heterocycles. The quantitative estimate of drug-likeness (QED) is 0.435. The summed E-state index contributed by atoms with van der Waals surface area (Å²) in [6.07, 6.45) is -1.67. The number of aliphatic hydroxyl groups is 1. The number of carbonyl (C=O) groups excluding carboxylic acids is 4. The van der Waals surface area contributed by atoms with Gasteiger partial charge in [-0.25, -0.2) is 0 Å². The van der Waals surface area contributed by atoms with Crippen molar-refractivity contribution in [3.63, 3.8) is 0 Å². The SMILES string of the molecule is CCC(CC)(C(=O)[O-])C(O)(C(=O)[O-])C(CC)(C(C)=O)C(=O)[O-]. The van der Waals surface area contributed by atoms with Gasteiger partial charge in [0.2, 0.25) is 0 Å². The summed E-state index contributed by atoms with van der Waals surface area (Å²) >= 11 is 0. The molecular formula is C14H19O8-3. The van der Waals surface area contributed by atoms with Crippen LogP contribution in [0.15, 0.2) is 0 Å². The molecule has 0 aromatic carbocycles. The van der Waals surface area contributed by atoms with Gasteiger partial charge in [-0.2, -0.15) is 0 Å². The average molecular weight is 315 g/mol. The number of carboxylic acid groups (broad SMARTS) is 3. The molecule has 0 rings (SSSR count). The van der Waals surface area contributed by atoms with Gasteiger partial charge in [-0.3, -0.25) is 4.79 Å². The van der Waals surface area contributed by atoms with Gasteiger partial charge < -0.3 is 34.8 Å². The van der Waals surface area contributed by atoms with Crippen LogP contribution in [0.3, 0.4) is 0 Å². The van der Waals surface area contributed by atoms with E-state index < -0.39 is 59.4 Å². The van der Waals surface area contributed by atoms with E-state index in [1.165, 1.54) is 13.8 Å². The zero-order valence-corrected chi connectivity index (χ0v) is 12.9. The number of Topliss-reactive ketones (excluding diaryl/α,β-unsaturated/α-hetero) is 1. The van der Waals surface area contributed by atoms with Crippen molar-refractivity contribution >= 4 is 23.7 Å². The lowest BCUT2D eigenvalue weighted by molar-refractivity contribution is -0.370. The van der Waals surface area contributed by atoms with E-state index in [0.717, 1.165) is 13.8 Å². The molecule has 0 aromatic rings. The largest absolute Gasteiger partial charge is 0.549 e. The summed E-state index contributed by atoms with van der Waals surface area (Å²) in [5, 5.41) is 45.4. The van der Waals surface area contributed by atoms with E-state index in [-0.39, 0.29) is 0 Å². The maximum absolute atomic E-state index is 11.9. The van der Waals surface area contributed by atoms with Gasteiger partial charge in [0.15, 0.2) is 0 Å². The third kappa shape index (κ3) is 2.18. The highest BCUT2D eigenvalue weighted by molar-refractivity contribution is 6.09. The average Bonchev–Trinajstić information content (AvgIpc) is 2.40. The van der Waals surface area contributed by atoms with Crippen molar-refractivity contribution in [2.45, 2.75) is 52.6 Å². The lowest BCUT2D eigenvalue weighted by Gasteiger charge is -2.57. The van der Waals surface area contributed by atoms with Crippen LogP contribution >= 0.6 is 0 Å². The number of aliphatic carboxylic acids is 3. The molecule has 0 heterocycles. The Kier molecular flexibility index (Phi) is 5.86. The number of carboxylic acids is 3. The van der Waals surface area contributed by atoms with Crippen molar-refractivity contribution in [2.24, 2.45) is 10.8 Å². The van der Waals surface area contributed by atoms with Crippen molar-refractivity contribution < 1.29 is 39.6 Å². The molecule has 0 radical (unpaired) electrons. The molecule has 0 saturated carbocycles. The maximum atomic E-state index is 11.9. The first-order chi connectivity index (χ1) is 9.96. The number of carbonyl (C=O) groups is 4. The monoisotopic (exact) mass is 315 g/mol. The van der Waals surface area contributed by atoms with Crippen LogP contribution in [-0.2, 0) is 19.2 Å². The van der Waals surface area contributed by atoms with Crippen LogP contribution in [0.25, 0.3) is 0 Å². The van der Waals surface area contributed by atoms with Crippen molar-refractivity contribution in [3.8, 4) is 0 Å². The minimum atomic E-state index is -3.53. The van der Waals surface area contributed by atoms with Crippen LogP contribution in [0.1, 0.15) is 47.0 Å². The topological polar surface area (TPSA) is 158 Å². The minimum Gasteiger partial charge on any atom is -0.549 e. The van der Waals surface area contributed by atoms with E-state index in [1.807, 2.05) is 0 Å². The summed E-state index contributed by atoms with van der Waals surface area (Å²) in [4.78, 5) is 46.6. The Balaban J connectivity index is 7.02. The van der Waals surface area contributed by atoms with Crippen LogP contribution in [-0.4, -0.2) is 34.4 Å². The highest BCUT2D eigenvalue weighted by Gasteiger charge is 2.65. The molecule has 1 N–H and O–H groups in total. The molecule has 0 fully saturated rings. The molecule has 0 bridgehead atoms. The molecule has 8 heteroatoms. The van der Waals surface area contributed by atoms with E-state index in [2.05, 4.69) is 0 Å². The first-order valence-corrected chi connectivity index (χ1v) is 6.83. The Bertz CT molecular complexity index is 477. The normalized spacial score (nSPS) is 17.1. The lowest BCUT2D eigenvalue weighted by Crippen LogP contribution is -2.77. The number of ketones is 1. The maximum Gasteiger partial charge on any atom is 0.144 e. The fourth-order valence-electron chi connectivity index (χ4n) is 3.17. The summed E-state index contributed by atoms with van der Waals surface area (Å²) in [5.41, 5.74) is -9.03. The molecule has 2 atom stereocenters. The second-order valence-electron chi connectivity index (χ2n) is 5.18. The van der Waals surface area contributed by atoms with E-state index in [0.29, 0.717) is 0 Å². The lowest BCUT2D eigenvalue weighted by atomic mass is 9.53. The smallest absolute Gasteiger partial charge is 0.144 e. The van der Waals surface area contributed by atoms with Crippen molar-refractivity contribution in [1.29, 1.82) is 0 Å². The second kappa shape index (κ2) is 6.43. The molecule has 2 unspecified atom stereocenters. The van der Waals surface area contributed by atoms with Crippen LogP contribution in [0.5, 0.6) is 0 Å². The van der Waals surface area contributed by atoms with E-state index in [9.17, 15) is 39.6 Å². The predicted octanol–water partition coefficient (Wildman–Crippen LogP) is -3.24. The van der Waals surface area contributed by atoms with E-state index >= 15 is 0 Å². The Hall–Kier alpha value is -1.96. The van der Waals surface area contributed by atoms with Crippen LogP contribution < -0.4 is 15.3 Å². The molecule has 126 valence electrons. The Morgan fingerprint density at radius 3 is 1.36 bits per heavy atom. The first kappa shape index (κ1) is 20.0. The van der Waals surface area contributed by atoms with Gasteiger partial charge in [-0.1, -0.05) is 20.8 Å². The van der Waals surface area contributed by atoms with Gasteiger partial charge in [0.1, 0.15) is 16.8 Å². The zero-order chi connectivity index (χ0) is 17.9. The molecule has 8 nitrogen and oxygen atoms in total. The van der Waals surface area contributed by atoms with E-state index in [1.54, 1.807) is 0 Å². The zero-order valence-electron chi connectivity index (χ0n) is 12.9. The first-order valence-electron chi connectivity index (χ1n) is 6.83. The van der Waals surface area contributed by atoms with Crippen LogP contribution in [0, 0.1) is 10.8 Å². The summed E-state index contributed by atoms with van der Waals surface area (Å²) in [5.74, 6) is -7.78. The molecule has 0 aromatic heterocycles. The Morgan fingerprint density at radius 1 is 0.818 bits per heavy atom. The highest BCUT2D eigenvalue weighted by Crippen LogP contribution is 2.50.